The molecule has 1 aliphatic heterocycles. The van der Waals surface area contributed by atoms with Gasteiger partial charge < -0.3 is 10.6 Å². The number of anilines is 1. The minimum atomic E-state index is 0.0351. The number of nitrogens with two attached hydrogens (primary N) is 1. The lowest BCUT2D eigenvalue weighted by molar-refractivity contribution is -0.127. The molecular weight excluding hydrogens is 334 g/mol. The van der Waals surface area contributed by atoms with E-state index in [0.29, 0.717) is 10.7 Å². The molecule has 0 unspecified atom stereocenters. The summed E-state index contributed by atoms with van der Waals surface area (Å²) in [6.45, 7) is 4.21. The maximum Gasteiger partial charge on any atom is 0.246 e. The molecule has 0 bridgehead atoms. The number of rotatable bonds is 4. The molecule has 1 aliphatic rings. The van der Waals surface area contributed by atoms with Crippen LogP contribution < -0.4 is 5.73 Å². The minimum absolute atomic E-state index is 0.0351. The second-order valence-electron chi connectivity index (χ2n) is 6.20. The molecule has 5 heteroatoms. The summed E-state index contributed by atoms with van der Waals surface area (Å²) < 4.78 is 0. The average Bonchev–Trinajstić information content (AvgIpc) is 2.64. The number of carbonyl (C=O) groups is 1. The Labute approximate surface area is 153 Å². The predicted octanol–water partition coefficient (Wildman–Crippen LogP) is 3.28. The summed E-state index contributed by atoms with van der Waals surface area (Å²) in [6, 6.07) is 15.8. The summed E-state index contributed by atoms with van der Waals surface area (Å²) in [6.07, 6.45) is 3.39. The van der Waals surface area contributed by atoms with Crippen molar-refractivity contribution in [3.63, 3.8) is 0 Å². The molecule has 0 saturated carbocycles. The SMILES string of the molecule is Nc1cc(/C=C/C(=O)N2CCN(Cc3ccccc3)CC2)ccc1Cl. The maximum absolute atomic E-state index is 12.4. The number of piperazine rings is 1. The Balaban J connectivity index is 1.51. The number of halogens is 1. The van der Waals surface area contributed by atoms with Crippen LogP contribution in [0.5, 0.6) is 0 Å². The van der Waals surface area contributed by atoms with E-state index in [1.807, 2.05) is 17.0 Å². The molecule has 0 atom stereocenters. The van der Waals surface area contributed by atoms with E-state index in [1.54, 1.807) is 24.3 Å². The highest BCUT2D eigenvalue weighted by molar-refractivity contribution is 6.33. The molecule has 2 N–H and O–H groups in total. The van der Waals surface area contributed by atoms with Crippen molar-refractivity contribution in [2.24, 2.45) is 0 Å². The van der Waals surface area contributed by atoms with E-state index in [4.69, 9.17) is 17.3 Å². The number of amides is 1. The molecule has 4 nitrogen and oxygen atoms in total. The number of nitrogen functional groups attached to an aromatic ring is 1. The zero-order valence-electron chi connectivity index (χ0n) is 14.1. The van der Waals surface area contributed by atoms with E-state index in [1.165, 1.54) is 5.56 Å². The molecule has 130 valence electrons. The van der Waals surface area contributed by atoms with Crippen LogP contribution in [0.15, 0.2) is 54.6 Å². The lowest BCUT2D eigenvalue weighted by atomic mass is 10.1. The Hall–Kier alpha value is -2.30. The molecule has 0 aliphatic carbocycles. The highest BCUT2D eigenvalue weighted by atomic mass is 35.5. The maximum atomic E-state index is 12.4. The Morgan fingerprint density at radius 2 is 1.80 bits per heavy atom. The first kappa shape index (κ1) is 17.5. The summed E-state index contributed by atoms with van der Waals surface area (Å²) in [7, 11) is 0. The normalized spacial score (nSPS) is 15.6. The van der Waals surface area contributed by atoms with Crippen LogP contribution in [0.2, 0.25) is 5.02 Å². The summed E-state index contributed by atoms with van der Waals surface area (Å²) in [5.74, 6) is 0.0351. The molecule has 0 aromatic heterocycles. The Morgan fingerprint density at radius 3 is 2.48 bits per heavy atom. The monoisotopic (exact) mass is 355 g/mol. The van der Waals surface area contributed by atoms with Crippen LogP contribution in [-0.2, 0) is 11.3 Å². The van der Waals surface area contributed by atoms with Crippen molar-refractivity contribution in [2.75, 3.05) is 31.9 Å². The molecule has 2 aromatic carbocycles. The van der Waals surface area contributed by atoms with Gasteiger partial charge in [-0.2, -0.15) is 0 Å². The standard InChI is InChI=1S/C20H22ClN3O/c21-18-8-6-16(14-19(18)22)7-9-20(25)24-12-10-23(11-13-24)15-17-4-2-1-3-5-17/h1-9,14H,10-13,15,22H2/b9-7+. The van der Waals surface area contributed by atoms with E-state index in [-0.39, 0.29) is 5.91 Å². The third-order valence-corrected chi connectivity index (χ3v) is 4.72. The third kappa shape index (κ3) is 4.84. The molecule has 3 rings (SSSR count). The quantitative estimate of drug-likeness (QED) is 0.676. The molecule has 1 heterocycles. The van der Waals surface area contributed by atoms with Crippen molar-refractivity contribution in [1.29, 1.82) is 0 Å². The van der Waals surface area contributed by atoms with Crippen LogP contribution in [0.25, 0.3) is 6.08 Å². The average molecular weight is 356 g/mol. The fourth-order valence-corrected chi connectivity index (χ4v) is 3.02. The van der Waals surface area contributed by atoms with Crippen molar-refractivity contribution < 1.29 is 4.79 Å². The summed E-state index contributed by atoms with van der Waals surface area (Å²) in [5, 5.41) is 0.526. The molecule has 1 amide bonds. The predicted molar refractivity (Wildman–Crippen MR) is 103 cm³/mol. The first-order chi connectivity index (χ1) is 12.1. The molecule has 1 saturated heterocycles. The Morgan fingerprint density at radius 1 is 1.08 bits per heavy atom. The smallest absolute Gasteiger partial charge is 0.246 e. The lowest BCUT2D eigenvalue weighted by Gasteiger charge is -2.34. The van der Waals surface area contributed by atoms with Gasteiger partial charge in [0.15, 0.2) is 0 Å². The van der Waals surface area contributed by atoms with Gasteiger partial charge in [0.2, 0.25) is 5.91 Å². The fourth-order valence-electron chi connectivity index (χ4n) is 2.91. The number of hydrogen-bond donors (Lipinski definition) is 1. The molecule has 0 radical (unpaired) electrons. The van der Waals surface area contributed by atoms with Gasteiger partial charge in [0.05, 0.1) is 10.7 Å². The van der Waals surface area contributed by atoms with Crippen molar-refractivity contribution in [3.05, 3.63) is 70.8 Å². The van der Waals surface area contributed by atoms with Gasteiger partial charge in [-0.1, -0.05) is 48.0 Å². The van der Waals surface area contributed by atoms with E-state index >= 15 is 0 Å². The van der Waals surface area contributed by atoms with Crippen LogP contribution in [0.4, 0.5) is 5.69 Å². The Kier molecular flexibility index (Phi) is 5.74. The van der Waals surface area contributed by atoms with Crippen molar-refractivity contribution in [2.45, 2.75) is 6.54 Å². The van der Waals surface area contributed by atoms with Crippen LogP contribution in [-0.4, -0.2) is 41.9 Å². The highest BCUT2D eigenvalue weighted by Gasteiger charge is 2.19. The van der Waals surface area contributed by atoms with Gasteiger partial charge in [-0.25, -0.2) is 0 Å². The van der Waals surface area contributed by atoms with Gasteiger partial charge in [-0.15, -0.1) is 0 Å². The summed E-state index contributed by atoms with van der Waals surface area (Å²) in [5.41, 5.74) is 8.48. The first-order valence-corrected chi connectivity index (χ1v) is 8.78. The number of hydrogen-bond acceptors (Lipinski definition) is 3. The van der Waals surface area contributed by atoms with Gasteiger partial charge in [0, 0.05) is 38.8 Å². The van der Waals surface area contributed by atoms with E-state index in [9.17, 15) is 4.79 Å². The molecule has 2 aromatic rings. The first-order valence-electron chi connectivity index (χ1n) is 8.40. The molecule has 1 fully saturated rings. The second-order valence-corrected chi connectivity index (χ2v) is 6.61. The second kappa shape index (κ2) is 8.19. The topological polar surface area (TPSA) is 49.6 Å². The van der Waals surface area contributed by atoms with Crippen LogP contribution in [0.3, 0.4) is 0 Å². The third-order valence-electron chi connectivity index (χ3n) is 4.37. The summed E-state index contributed by atoms with van der Waals surface area (Å²) in [4.78, 5) is 16.6. The van der Waals surface area contributed by atoms with Gasteiger partial charge in [0.25, 0.3) is 0 Å². The fraction of sp³-hybridized carbons (Fsp3) is 0.250. The van der Waals surface area contributed by atoms with Gasteiger partial charge >= 0.3 is 0 Å². The Bertz CT molecular complexity index is 753. The number of carbonyl (C=O) groups excluding carboxylic acids is 1. The van der Waals surface area contributed by atoms with Gasteiger partial charge in [0.1, 0.15) is 0 Å². The largest absolute Gasteiger partial charge is 0.398 e. The van der Waals surface area contributed by atoms with Crippen LogP contribution in [0.1, 0.15) is 11.1 Å². The summed E-state index contributed by atoms with van der Waals surface area (Å²) >= 11 is 5.91. The minimum Gasteiger partial charge on any atom is -0.398 e. The van der Waals surface area contributed by atoms with Crippen LogP contribution in [0, 0.1) is 0 Å². The van der Waals surface area contributed by atoms with Crippen molar-refractivity contribution >= 4 is 29.3 Å². The van der Waals surface area contributed by atoms with Crippen molar-refractivity contribution in [3.8, 4) is 0 Å². The molecular formula is C20H22ClN3O. The zero-order chi connectivity index (χ0) is 17.6. The number of benzene rings is 2. The van der Waals surface area contributed by atoms with E-state index in [2.05, 4.69) is 29.2 Å². The molecule has 0 spiro atoms. The highest BCUT2D eigenvalue weighted by Crippen LogP contribution is 2.20. The van der Waals surface area contributed by atoms with E-state index < -0.39 is 0 Å². The van der Waals surface area contributed by atoms with Gasteiger partial charge in [-0.3, -0.25) is 9.69 Å². The van der Waals surface area contributed by atoms with Crippen molar-refractivity contribution in [1.82, 2.24) is 9.80 Å². The zero-order valence-corrected chi connectivity index (χ0v) is 14.8. The lowest BCUT2D eigenvalue weighted by Crippen LogP contribution is -2.47. The van der Waals surface area contributed by atoms with Gasteiger partial charge in [-0.05, 0) is 29.3 Å². The number of nitrogens with zero attached hydrogens (tertiary/aromatic N) is 2. The van der Waals surface area contributed by atoms with Crippen LogP contribution >= 0.6 is 11.6 Å². The van der Waals surface area contributed by atoms with E-state index in [0.717, 1.165) is 38.3 Å². The molecule has 25 heavy (non-hydrogen) atoms.